The van der Waals surface area contributed by atoms with E-state index in [1.165, 1.54) is 0 Å². The molecule has 0 saturated carbocycles. The number of fused-ring (bicyclic) bond motifs is 1. The molecule has 9 heteroatoms. The number of allylic oxidation sites excluding steroid dienone is 5. The lowest BCUT2D eigenvalue weighted by molar-refractivity contribution is -0.142. The van der Waals surface area contributed by atoms with Gasteiger partial charge in [-0.05, 0) is 32.8 Å². The number of carbonyl (C=O) groups excluding carboxylic acids is 1. The van der Waals surface area contributed by atoms with Crippen molar-refractivity contribution in [3.8, 4) is 0 Å². The molecule has 1 fully saturated rings. The number of hydrogen-bond acceptors (Lipinski definition) is 7. The molecule has 0 aromatic carbocycles. The van der Waals surface area contributed by atoms with Crippen LogP contribution in [0, 0.1) is 5.92 Å². The van der Waals surface area contributed by atoms with Gasteiger partial charge in [0.05, 0.1) is 35.5 Å². The summed E-state index contributed by atoms with van der Waals surface area (Å²) in [6, 6.07) is -0.0443. The third kappa shape index (κ3) is 3.67. The average Bonchev–Trinajstić information content (AvgIpc) is 3.27. The molecule has 0 spiro atoms. The second kappa shape index (κ2) is 8.34. The monoisotopic (exact) mass is 534 g/mol. The molecule has 0 radical (unpaired) electrons. The van der Waals surface area contributed by atoms with E-state index >= 15 is 0 Å². The Balaban J connectivity index is 1.43. The molecule has 2 aliphatic carbocycles. The van der Waals surface area contributed by atoms with Gasteiger partial charge in [0.2, 0.25) is 11.8 Å². The second-order valence-corrected chi connectivity index (χ2v) is 9.44. The topological polar surface area (TPSA) is 81.2 Å². The van der Waals surface area contributed by atoms with Crippen LogP contribution in [-0.4, -0.2) is 51.5 Å². The molecular formula is C22H27IN6O2. The summed E-state index contributed by atoms with van der Waals surface area (Å²) in [4.78, 5) is 20.2. The first-order chi connectivity index (χ1) is 15.0. The van der Waals surface area contributed by atoms with Crippen molar-refractivity contribution in [2.75, 3.05) is 13.3 Å². The van der Waals surface area contributed by atoms with Crippen molar-refractivity contribution in [1.29, 1.82) is 0 Å². The molecule has 0 bridgehead atoms. The first-order valence-electron chi connectivity index (χ1n) is 10.7. The third-order valence-corrected chi connectivity index (χ3v) is 7.01. The number of nitrogens with one attached hydrogen (secondary N) is 3. The van der Waals surface area contributed by atoms with Crippen molar-refractivity contribution in [3.63, 3.8) is 0 Å². The normalized spacial score (nSPS) is 30.6. The van der Waals surface area contributed by atoms with E-state index in [0.29, 0.717) is 19.2 Å². The minimum absolute atomic E-state index is 0.0443. The van der Waals surface area contributed by atoms with Crippen LogP contribution in [0.15, 0.2) is 64.2 Å². The number of hydrogen-bond donors (Lipinski definition) is 3. The van der Waals surface area contributed by atoms with Crippen LogP contribution in [0.3, 0.4) is 0 Å². The van der Waals surface area contributed by atoms with E-state index in [1.54, 1.807) is 0 Å². The van der Waals surface area contributed by atoms with Gasteiger partial charge in [-0.1, -0.05) is 36.0 Å². The molecule has 5 rings (SSSR count). The molecule has 3 heterocycles. The zero-order chi connectivity index (χ0) is 21.5. The predicted octanol–water partition coefficient (Wildman–Crippen LogP) is 2.23. The fourth-order valence-electron chi connectivity index (χ4n) is 4.68. The smallest absolute Gasteiger partial charge is 0.238 e. The maximum Gasteiger partial charge on any atom is 0.238 e. The van der Waals surface area contributed by atoms with Crippen molar-refractivity contribution < 1.29 is 9.53 Å². The molecule has 164 valence electrons. The standard InChI is InChI=1S/C22H27IN6O2/c1-13-7-6-10-16-17(13)22(30)29(15-8-4-3-5-9-15)19(27-16)14(2)31-21-18-20(25-11-24-18)28(23)12-26-21/h4,6-10,14,16-17,19,24-25,27H,3,5,11-12H2,1-2H3. The Hall–Kier alpha value is -2.27. The summed E-state index contributed by atoms with van der Waals surface area (Å²) < 4.78 is 8.40. The Bertz CT molecular complexity index is 965. The number of rotatable bonds is 3. The zero-order valence-corrected chi connectivity index (χ0v) is 19.8. The lowest BCUT2D eigenvalue weighted by Crippen LogP contribution is -2.66. The van der Waals surface area contributed by atoms with Gasteiger partial charge in [-0.15, -0.1) is 0 Å². The van der Waals surface area contributed by atoms with Crippen LogP contribution < -0.4 is 16.0 Å². The van der Waals surface area contributed by atoms with E-state index in [1.807, 2.05) is 34.0 Å². The molecule has 3 aliphatic heterocycles. The second-order valence-electron chi connectivity index (χ2n) is 8.27. The maximum absolute atomic E-state index is 13.7. The molecule has 1 amide bonds. The van der Waals surface area contributed by atoms with Gasteiger partial charge < -0.3 is 15.4 Å². The molecule has 3 N–H and O–H groups in total. The minimum Gasteiger partial charge on any atom is -0.470 e. The number of nitrogens with zero attached hydrogens (tertiary/aromatic N) is 3. The van der Waals surface area contributed by atoms with Crippen LogP contribution >= 0.6 is 22.9 Å². The van der Waals surface area contributed by atoms with E-state index in [0.717, 1.165) is 35.6 Å². The van der Waals surface area contributed by atoms with Gasteiger partial charge in [-0.3, -0.25) is 18.1 Å². The van der Waals surface area contributed by atoms with Gasteiger partial charge in [0.15, 0.2) is 0 Å². The summed E-state index contributed by atoms with van der Waals surface area (Å²) in [7, 11) is 0. The van der Waals surface area contributed by atoms with Crippen molar-refractivity contribution in [1.82, 2.24) is 24.0 Å². The number of carbonyl (C=O) groups is 1. The van der Waals surface area contributed by atoms with Crippen LogP contribution in [0.5, 0.6) is 0 Å². The van der Waals surface area contributed by atoms with Crippen LogP contribution in [0.25, 0.3) is 0 Å². The molecule has 0 aromatic rings. The highest BCUT2D eigenvalue weighted by atomic mass is 127. The van der Waals surface area contributed by atoms with E-state index in [-0.39, 0.29) is 30.1 Å². The van der Waals surface area contributed by atoms with Crippen LogP contribution in [0.1, 0.15) is 26.7 Å². The van der Waals surface area contributed by atoms with Crippen LogP contribution in [0.4, 0.5) is 0 Å². The van der Waals surface area contributed by atoms with Gasteiger partial charge in [-0.25, -0.2) is 4.99 Å². The highest BCUT2D eigenvalue weighted by molar-refractivity contribution is 14.1. The first kappa shape index (κ1) is 20.6. The fourth-order valence-corrected chi connectivity index (χ4v) is 5.24. The van der Waals surface area contributed by atoms with Gasteiger partial charge in [0, 0.05) is 11.7 Å². The Morgan fingerprint density at radius 3 is 3.00 bits per heavy atom. The van der Waals surface area contributed by atoms with Gasteiger partial charge in [0.25, 0.3) is 0 Å². The zero-order valence-electron chi connectivity index (χ0n) is 17.6. The largest absolute Gasteiger partial charge is 0.470 e. The van der Waals surface area contributed by atoms with E-state index in [2.05, 4.69) is 68.1 Å². The summed E-state index contributed by atoms with van der Waals surface area (Å²) in [6.45, 7) is 5.19. The minimum atomic E-state index is -0.309. The quantitative estimate of drug-likeness (QED) is 0.381. The summed E-state index contributed by atoms with van der Waals surface area (Å²) in [5, 5.41) is 10.3. The number of amides is 1. The van der Waals surface area contributed by atoms with Crippen molar-refractivity contribution in [2.24, 2.45) is 10.9 Å². The molecule has 4 unspecified atom stereocenters. The number of aliphatic imine (C=N–C) groups is 1. The fraction of sp³-hybridized carbons (Fsp3) is 0.455. The van der Waals surface area contributed by atoms with E-state index in [9.17, 15) is 4.79 Å². The molecule has 31 heavy (non-hydrogen) atoms. The molecule has 5 aliphatic rings. The lowest BCUT2D eigenvalue weighted by atomic mass is 9.84. The number of ether oxygens (including phenoxy) is 1. The Kier molecular flexibility index (Phi) is 5.55. The van der Waals surface area contributed by atoms with Gasteiger partial charge >= 0.3 is 0 Å². The predicted molar refractivity (Wildman–Crippen MR) is 127 cm³/mol. The Labute approximate surface area is 196 Å². The van der Waals surface area contributed by atoms with E-state index in [4.69, 9.17) is 4.74 Å². The van der Waals surface area contributed by atoms with Crippen molar-refractivity contribution in [3.05, 3.63) is 59.2 Å². The van der Waals surface area contributed by atoms with Crippen LogP contribution in [-0.2, 0) is 9.53 Å². The average molecular weight is 534 g/mol. The maximum atomic E-state index is 13.7. The van der Waals surface area contributed by atoms with Gasteiger partial charge in [-0.2, -0.15) is 0 Å². The first-order valence-corrected chi connectivity index (χ1v) is 11.7. The molecular weight excluding hydrogens is 507 g/mol. The Morgan fingerprint density at radius 2 is 2.19 bits per heavy atom. The molecule has 1 saturated heterocycles. The van der Waals surface area contributed by atoms with Crippen LogP contribution in [0.2, 0.25) is 0 Å². The molecule has 0 aromatic heterocycles. The summed E-state index contributed by atoms with van der Waals surface area (Å²) in [5.74, 6) is 1.49. The highest BCUT2D eigenvalue weighted by Gasteiger charge is 2.46. The SMILES string of the molecule is CC1=CC=CC2NC(C(C)OC3=NCN(I)C4=C3NCN4)N(C3=CCCC=C3)C(=O)C12. The summed E-state index contributed by atoms with van der Waals surface area (Å²) in [5.41, 5.74) is 2.89. The Morgan fingerprint density at radius 1 is 1.32 bits per heavy atom. The third-order valence-electron chi connectivity index (χ3n) is 6.22. The highest BCUT2D eigenvalue weighted by Crippen LogP contribution is 2.33. The lowest BCUT2D eigenvalue weighted by Gasteiger charge is -2.47. The summed E-state index contributed by atoms with van der Waals surface area (Å²) >= 11 is 2.24. The number of halogens is 1. The summed E-state index contributed by atoms with van der Waals surface area (Å²) in [6.07, 6.45) is 13.8. The van der Waals surface area contributed by atoms with Crippen molar-refractivity contribution in [2.45, 2.75) is 45.0 Å². The molecule has 4 atom stereocenters. The van der Waals surface area contributed by atoms with E-state index < -0.39 is 0 Å². The van der Waals surface area contributed by atoms with Crippen molar-refractivity contribution >= 4 is 34.7 Å². The van der Waals surface area contributed by atoms with Gasteiger partial charge in [0.1, 0.15) is 30.5 Å². The molecule has 8 nitrogen and oxygen atoms in total.